The van der Waals surface area contributed by atoms with Crippen molar-refractivity contribution in [3.05, 3.63) is 34.9 Å². The Hall–Kier alpha value is -0.740. The second-order valence-electron chi connectivity index (χ2n) is 3.85. The zero-order valence-corrected chi connectivity index (χ0v) is 9.73. The van der Waals surface area contributed by atoms with Gasteiger partial charge in [-0.05, 0) is 17.7 Å². The van der Waals surface area contributed by atoms with Gasteiger partial charge >= 0.3 is 6.18 Å². The lowest BCUT2D eigenvalue weighted by Crippen LogP contribution is -2.38. The Morgan fingerprint density at radius 2 is 1.62 bits per heavy atom. The fraction of sp³-hybridized carbons (Fsp3) is 0.455. The highest BCUT2D eigenvalue weighted by atomic mass is 35.5. The Kier molecular flexibility index (Phi) is 4.21. The Morgan fingerprint density at radius 3 is 2.00 bits per heavy atom. The molecule has 0 aliphatic heterocycles. The van der Waals surface area contributed by atoms with Crippen molar-refractivity contribution < 1.29 is 13.2 Å². The molecule has 5 heteroatoms. The Balaban J connectivity index is 2.97. The molecule has 0 aliphatic carbocycles. The highest BCUT2D eigenvalue weighted by Gasteiger charge is 2.40. The molecule has 0 saturated carbocycles. The number of nitrogens with one attached hydrogen (secondary N) is 1. The minimum atomic E-state index is -4.31. The summed E-state index contributed by atoms with van der Waals surface area (Å²) >= 11 is 5.63. The van der Waals surface area contributed by atoms with E-state index in [1.807, 2.05) is 0 Å². The van der Waals surface area contributed by atoms with Crippen LogP contribution in [-0.4, -0.2) is 12.2 Å². The van der Waals surface area contributed by atoms with Gasteiger partial charge in [-0.25, -0.2) is 0 Å². The summed E-state index contributed by atoms with van der Waals surface area (Å²) in [5, 5.41) is 2.91. The van der Waals surface area contributed by atoms with Gasteiger partial charge in [0.25, 0.3) is 0 Å². The third kappa shape index (κ3) is 3.68. The van der Waals surface area contributed by atoms with Crippen LogP contribution in [0.15, 0.2) is 24.3 Å². The Labute approximate surface area is 97.6 Å². The van der Waals surface area contributed by atoms with Crippen LogP contribution in [0.25, 0.3) is 0 Å². The van der Waals surface area contributed by atoms with E-state index >= 15 is 0 Å². The molecule has 1 atom stereocenters. The molecule has 1 rings (SSSR count). The van der Waals surface area contributed by atoms with Crippen LogP contribution in [0, 0.1) is 0 Å². The normalized spacial score (nSPS) is 14.2. The molecule has 0 bridgehead atoms. The molecular formula is C11H13ClF3N. The van der Waals surface area contributed by atoms with Crippen LogP contribution in [0.1, 0.15) is 25.5 Å². The van der Waals surface area contributed by atoms with E-state index in [4.69, 9.17) is 11.6 Å². The molecule has 0 amide bonds. The maximum atomic E-state index is 12.8. The zero-order chi connectivity index (χ0) is 12.3. The van der Waals surface area contributed by atoms with Crippen LogP contribution >= 0.6 is 11.6 Å². The molecular weight excluding hydrogens is 239 g/mol. The van der Waals surface area contributed by atoms with Crippen molar-refractivity contribution in [3.63, 3.8) is 0 Å². The van der Waals surface area contributed by atoms with Crippen molar-refractivity contribution in [2.45, 2.75) is 32.1 Å². The summed E-state index contributed by atoms with van der Waals surface area (Å²) in [7, 11) is 0. The lowest BCUT2D eigenvalue weighted by Gasteiger charge is -2.24. The van der Waals surface area contributed by atoms with E-state index < -0.39 is 12.2 Å². The first-order valence-electron chi connectivity index (χ1n) is 4.89. The van der Waals surface area contributed by atoms with Gasteiger partial charge in [-0.3, -0.25) is 0 Å². The van der Waals surface area contributed by atoms with Gasteiger partial charge in [0.1, 0.15) is 6.04 Å². The van der Waals surface area contributed by atoms with Crippen LogP contribution in [0.2, 0.25) is 5.02 Å². The summed E-state index contributed by atoms with van der Waals surface area (Å²) in [6.07, 6.45) is -4.31. The fourth-order valence-corrected chi connectivity index (χ4v) is 1.49. The van der Waals surface area contributed by atoms with Crippen molar-refractivity contribution in [2.24, 2.45) is 0 Å². The van der Waals surface area contributed by atoms with Crippen LogP contribution in [-0.2, 0) is 0 Å². The lowest BCUT2D eigenvalue weighted by atomic mass is 10.1. The second-order valence-corrected chi connectivity index (χ2v) is 4.28. The van der Waals surface area contributed by atoms with Crippen molar-refractivity contribution >= 4 is 11.6 Å². The van der Waals surface area contributed by atoms with Crippen LogP contribution in [0.5, 0.6) is 0 Å². The largest absolute Gasteiger partial charge is 0.407 e. The van der Waals surface area contributed by atoms with E-state index in [0.29, 0.717) is 5.02 Å². The SMILES string of the molecule is CC(C)NC(c1ccc(Cl)cc1)C(F)(F)F. The lowest BCUT2D eigenvalue weighted by molar-refractivity contribution is -0.159. The number of hydrogen-bond acceptors (Lipinski definition) is 1. The minimum Gasteiger partial charge on any atom is -0.300 e. The van der Waals surface area contributed by atoms with Crippen LogP contribution in [0.4, 0.5) is 13.2 Å². The van der Waals surface area contributed by atoms with Gasteiger partial charge in [-0.2, -0.15) is 13.2 Å². The first kappa shape index (κ1) is 13.3. The van der Waals surface area contributed by atoms with Gasteiger partial charge < -0.3 is 5.32 Å². The molecule has 0 aromatic heterocycles. The average Bonchev–Trinajstić information content (AvgIpc) is 2.14. The summed E-state index contributed by atoms with van der Waals surface area (Å²) in [6, 6.07) is 3.79. The van der Waals surface area contributed by atoms with E-state index in [1.165, 1.54) is 24.3 Å². The Bertz CT molecular complexity index is 332. The second kappa shape index (κ2) is 5.06. The van der Waals surface area contributed by atoms with Crippen molar-refractivity contribution in [3.8, 4) is 0 Å². The van der Waals surface area contributed by atoms with Gasteiger partial charge in [-0.15, -0.1) is 0 Å². The summed E-state index contributed by atoms with van der Waals surface area (Å²) in [5.41, 5.74) is 0.172. The van der Waals surface area contributed by atoms with E-state index in [0.717, 1.165) is 0 Å². The quantitative estimate of drug-likeness (QED) is 0.858. The predicted molar refractivity (Wildman–Crippen MR) is 58.5 cm³/mol. The van der Waals surface area contributed by atoms with Gasteiger partial charge in [-0.1, -0.05) is 37.6 Å². The van der Waals surface area contributed by atoms with E-state index in [9.17, 15) is 13.2 Å². The number of benzene rings is 1. The maximum absolute atomic E-state index is 12.8. The van der Waals surface area contributed by atoms with E-state index in [-0.39, 0.29) is 11.6 Å². The third-order valence-electron chi connectivity index (χ3n) is 2.03. The molecule has 90 valence electrons. The van der Waals surface area contributed by atoms with Crippen LogP contribution in [0.3, 0.4) is 0 Å². The molecule has 1 N–H and O–H groups in total. The smallest absolute Gasteiger partial charge is 0.300 e. The third-order valence-corrected chi connectivity index (χ3v) is 2.28. The van der Waals surface area contributed by atoms with Gasteiger partial charge in [0.15, 0.2) is 0 Å². The maximum Gasteiger partial charge on any atom is 0.407 e. The number of rotatable bonds is 3. The summed E-state index contributed by atoms with van der Waals surface area (Å²) in [4.78, 5) is 0. The number of hydrogen-bond donors (Lipinski definition) is 1. The molecule has 1 aromatic carbocycles. The highest BCUT2D eigenvalue weighted by Crippen LogP contribution is 2.33. The molecule has 1 aromatic rings. The fourth-order valence-electron chi connectivity index (χ4n) is 1.37. The molecule has 1 nitrogen and oxygen atoms in total. The minimum absolute atomic E-state index is 0.172. The van der Waals surface area contributed by atoms with Gasteiger partial charge in [0, 0.05) is 11.1 Å². The molecule has 0 saturated heterocycles. The number of halogens is 4. The Morgan fingerprint density at radius 1 is 1.12 bits per heavy atom. The number of alkyl halides is 3. The molecule has 0 fully saturated rings. The van der Waals surface area contributed by atoms with E-state index in [1.54, 1.807) is 13.8 Å². The molecule has 0 radical (unpaired) electrons. The van der Waals surface area contributed by atoms with E-state index in [2.05, 4.69) is 5.32 Å². The predicted octanol–water partition coefficient (Wildman–Crippen LogP) is 3.94. The summed E-state index contributed by atoms with van der Waals surface area (Å²) in [6.45, 7) is 3.35. The standard InChI is InChI=1S/C11H13ClF3N/c1-7(2)16-10(11(13,14)15)8-3-5-9(12)6-4-8/h3-7,10,16H,1-2H3. The van der Waals surface area contributed by atoms with Crippen molar-refractivity contribution in [1.82, 2.24) is 5.32 Å². The first-order chi connectivity index (χ1) is 7.30. The average molecular weight is 252 g/mol. The molecule has 1 unspecified atom stereocenters. The summed E-state index contributed by atoms with van der Waals surface area (Å²) in [5.74, 6) is 0. The molecule has 0 heterocycles. The zero-order valence-electron chi connectivity index (χ0n) is 8.98. The van der Waals surface area contributed by atoms with Crippen molar-refractivity contribution in [2.75, 3.05) is 0 Å². The molecule has 16 heavy (non-hydrogen) atoms. The molecule has 0 aliphatic rings. The van der Waals surface area contributed by atoms with Gasteiger partial charge in [0.2, 0.25) is 0 Å². The monoisotopic (exact) mass is 251 g/mol. The van der Waals surface area contributed by atoms with Crippen LogP contribution < -0.4 is 5.32 Å². The topological polar surface area (TPSA) is 12.0 Å². The first-order valence-corrected chi connectivity index (χ1v) is 5.26. The molecule has 0 spiro atoms. The van der Waals surface area contributed by atoms with Gasteiger partial charge in [0.05, 0.1) is 0 Å². The van der Waals surface area contributed by atoms with Crippen molar-refractivity contribution in [1.29, 1.82) is 0 Å². The summed E-state index contributed by atoms with van der Waals surface area (Å²) < 4.78 is 38.3. The highest BCUT2D eigenvalue weighted by molar-refractivity contribution is 6.30.